The monoisotopic (exact) mass is 564 g/mol. The van der Waals surface area contributed by atoms with Crippen molar-refractivity contribution in [3.8, 4) is 0 Å². The zero-order chi connectivity index (χ0) is 23.6. The van der Waals surface area contributed by atoms with Crippen LogP contribution in [0, 0.1) is 11.8 Å². The third kappa shape index (κ3) is 5.45. The molecule has 0 radical (unpaired) electrons. The number of aliphatic hydroxyl groups is 1. The molecule has 1 saturated carbocycles. The maximum absolute atomic E-state index is 13.6. The lowest BCUT2D eigenvalue weighted by atomic mass is 9.75. The van der Waals surface area contributed by atoms with Gasteiger partial charge in [0, 0.05) is 35.8 Å². The molecule has 190 valence electrons. The van der Waals surface area contributed by atoms with Crippen LogP contribution in [0.25, 0.3) is 0 Å². The SMILES string of the molecule is O=C(C[N+]12CCC(CC1)[C@@H](OC(=O)C(O)(c1cccs1)C1CCCCC1)C2)Nc1ccncn1.[Br-]. The number of carbonyl (C=O) groups excluding carboxylic acids is 2. The van der Waals surface area contributed by atoms with Crippen LogP contribution in [0.5, 0.6) is 0 Å². The summed E-state index contributed by atoms with van der Waals surface area (Å²) in [4.78, 5) is 35.0. The summed E-state index contributed by atoms with van der Waals surface area (Å²) >= 11 is 1.42. The summed E-state index contributed by atoms with van der Waals surface area (Å²) in [6.45, 7) is 2.73. The van der Waals surface area contributed by atoms with Crippen molar-refractivity contribution in [1.82, 2.24) is 9.97 Å². The van der Waals surface area contributed by atoms with Crippen molar-refractivity contribution >= 4 is 29.0 Å². The molecule has 0 spiro atoms. The van der Waals surface area contributed by atoms with Crippen molar-refractivity contribution in [3.63, 3.8) is 0 Å². The van der Waals surface area contributed by atoms with Gasteiger partial charge in [0.15, 0.2) is 18.2 Å². The standard InChI is InChI=1S/C25H32N4O4S.BrH/c30-23(28-22-8-11-26-17-27-22)16-29-12-9-18(10-13-29)20(15-29)33-24(31)25(32,21-7-4-14-34-21)19-5-2-1-3-6-19;/h4,7-8,11,14,17-20,32H,1-3,5-6,9-10,12-13,15-16H2;1H/t18?,20-,25?,29?;/m0./s1. The number of anilines is 1. The van der Waals surface area contributed by atoms with Gasteiger partial charge in [-0.25, -0.2) is 14.8 Å². The highest BCUT2D eigenvalue weighted by atomic mass is 79.9. The van der Waals surface area contributed by atoms with Crippen LogP contribution in [0.3, 0.4) is 0 Å². The van der Waals surface area contributed by atoms with Crippen molar-refractivity contribution in [2.75, 3.05) is 31.5 Å². The van der Waals surface area contributed by atoms with Gasteiger partial charge in [0.05, 0.1) is 13.1 Å². The molecule has 8 nitrogen and oxygen atoms in total. The van der Waals surface area contributed by atoms with Gasteiger partial charge in [-0.2, -0.15) is 0 Å². The van der Waals surface area contributed by atoms with Crippen LogP contribution in [0.2, 0.25) is 0 Å². The van der Waals surface area contributed by atoms with Crippen LogP contribution in [-0.2, 0) is 19.9 Å². The molecule has 2 aromatic heterocycles. The number of carbonyl (C=O) groups is 2. The summed E-state index contributed by atoms with van der Waals surface area (Å²) in [6.07, 6.45) is 9.42. The Balaban J connectivity index is 0.00000289. The van der Waals surface area contributed by atoms with Gasteiger partial charge >= 0.3 is 5.97 Å². The Morgan fingerprint density at radius 2 is 1.94 bits per heavy atom. The van der Waals surface area contributed by atoms with Gasteiger partial charge in [-0.05, 0) is 30.4 Å². The summed E-state index contributed by atoms with van der Waals surface area (Å²) in [7, 11) is 0. The average molecular weight is 566 g/mol. The van der Waals surface area contributed by atoms with E-state index < -0.39 is 11.6 Å². The van der Waals surface area contributed by atoms with Gasteiger partial charge in [0.25, 0.3) is 5.91 Å². The topological polar surface area (TPSA) is 101 Å². The Bertz CT molecular complexity index is 994. The fourth-order valence-electron chi connectivity index (χ4n) is 6.14. The molecule has 2 bridgehead atoms. The molecule has 4 aliphatic rings. The summed E-state index contributed by atoms with van der Waals surface area (Å²) in [5.74, 6) is 0.0512. The predicted molar refractivity (Wildman–Crippen MR) is 128 cm³/mol. The van der Waals surface area contributed by atoms with Crippen LogP contribution in [0.1, 0.15) is 49.8 Å². The quantitative estimate of drug-likeness (QED) is 0.365. The second-order valence-electron chi connectivity index (χ2n) is 10.1. The van der Waals surface area contributed by atoms with E-state index in [1.165, 1.54) is 17.7 Å². The minimum absolute atomic E-state index is 0. The second-order valence-corrected chi connectivity index (χ2v) is 11.1. The number of halogens is 1. The maximum Gasteiger partial charge on any atom is 0.344 e. The van der Waals surface area contributed by atoms with Gasteiger partial charge in [-0.15, -0.1) is 11.3 Å². The minimum Gasteiger partial charge on any atom is -1.00 e. The summed E-state index contributed by atoms with van der Waals surface area (Å²) in [6, 6.07) is 5.40. The molecule has 10 heteroatoms. The van der Waals surface area contributed by atoms with Crippen molar-refractivity contribution in [2.45, 2.75) is 56.7 Å². The molecular weight excluding hydrogens is 532 g/mol. The lowest BCUT2D eigenvalue weighted by Gasteiger charge is -2.52. The Kier molecular flexibility index (Phi) is 8.25. The number of ether oxygens (including phenoxy) is 1. The predicted octanol–water partition coefficient (Wildman–Crippen LogP) is 0.101. The minimum atomic E-state index is -1.59. The van der Waals surface area contributed by atoms with Crippen molar-refractivity contribution in [3.05, 3.63) is 41.0 Å². The van der Waals surface area contributed by atoms with E-state index in [9.17, 15) is 14.7 Å². The van der Waals surface area contributed by atoms with Crippen LogP contribution >= 0.6 is 11.3 Å². The maximum atomic E-state index is 13.6. The van der Waals surface area contributed by atoms with Gasteiger partial charge in [0.1, 0.15) is 18.7 Å². The third-order valence-corrected chi connectivity index (χ3v) is 9.03. The third-order valence-electron chi connectivity index (χ3n) is 8.03. The molecular formula is C25H33BrN4O4S. The average Bonchev–Trinajstić information content (AvgIpc) is 3.40. The molecule has 2 atom stereocenters. The summed E-state index contributed by atoms with van der Waals surface area (Å²) in [5.41, 5.74) is -1.59. The van der Waals surface area contributed by atoms with Gasteiger partial charge < -0.3 is 36.6 Å². The first-order valence-electron chi connectivity index (χ1n) is 12.4. The molecule has 5 heterocycles. The number of quaternary nitrogens is 1. The van der Waals surface area contributed by atoms with Crippen molar-refractivity contribution < 1.29 is 40.9 Å². The zero-order valence-corrected chi connectivity index (χ0v) is 22.2. The van der Waals surface area contributed by atoms with E-state index in [1.807, 2.05) is 17.5 Å². The number of esters is 1. The lowest BCUT2D eigenvalue weighted by Crippen LogP contribution is -3.00. The normalized spacial score (nSPS) is 27.9. The van der Waals surface area contributed by atoms with Crippen LogP contribution < -0.4 is 22.3 Å². The van der Waals surface area contributed by atoms with E-state index in [1.54, 1.807) is 12.3 Å². The largest absolute Gasteiger partial charge is 1.00 e. The smallest absolute Gasteiger partial charge is 0.344 e. The second kappa shape index (κ2) is 11.0. The molecule has 0 aromatic carbocycles. The molecule has 4 fully saturated rings. The first kappa shape index (κ1) is 26.2. The summed E-state index contributed by atoms with van der Waals surface area (Å²) < 4.78 is 6.75. The summed E-state index contributed by atoms with van der Waals surface area (Å²) in [5, 5.41) is 16.6. The Morgan fingerprint density at radius 3 is 2.60 bits per heavy atom. The molecule has 2 aromatic rings. The van der Waals surface area contributed by atoms with Gasteiger partial charge in [0.2, 0.25) is 0 Å². The van der Waals surface area contributed by atoms with E-state index in [2.05, 4.69) is 15.3 Å². The van der Waals surface area contributed by atoms with Crippen molar-refractivity contribution in [1.29, 1.82) is 0 Å². The number of nitrogens with zero attached hydrogens (tertiary/aromatic N) is 3. The highest BCUT2D eigenvalue weighted by molar-refractivity contribution is 7.10. The lowest BCUT2D eigenvalue weighted by molar-refractivity contribution is -0.939. The van der Waals surface area contributed by atoms with E-state index in [-0.39, 0.29) is 40.8 Å². The zero-order valence-electron chi connectivity index (χ0n) is 19.8. The molecule has 3 saturated heterocycles. The Hall–Kier alpha value is -1.88. The van der Waals surface area contributed by atoms with E-state index >= 15 is 0 Å². The molecule has 3 aliphatic heterocycles. The van der Waals surface area contributed by atoms with E-state index in [0.29, 0.717) is 28.3 Å². The number of fused-ring (bicyclic) bond motifs is 3. The number of piperidine rings is 3. The number of hydrogen-bond donors (Lipinski definition) is 2. The van der Waals surface area contributed by atoms with Gasteiger partial charge in [-0.1, -0.05) is 25.3 Å². The molecule has 35 heavy (non-hydrogen) atoms. The van der Waals surface area contributed by atoms with E-state index in [4.69, 9.17) is 4.74 Å². The highest BCUT2D eigenvalue weighted by Gasteiger charge is 2.53. The number of hydrogen-bond acceptors (Lipinski definition) is 7. The highest BCUT2D eigenvalue weighted by Crippen LogP contribution is 2.43. The number of aromatic nitrogens is 2. The molecule has 1 unspecified atom stereocenters. The number of rotatable bonds is 7. The Labute approximate surface area is 220 Å². The number of nitrogens with one attached hydrogen (secondary N) is 1. The number of thiophene rings is 1. The first-order valence-corrected chi connectivity index (χ1v) is 13.2. The fourth-order valence-corrected chi connectivity index (χ4v) is 7.03. The molecule has 1 aliphatic carbocycles. The molecule has 6 rings (SSSR count). The van der Waals surface area contributed by atoms with Crippen LogP contribution in [-0.4, -0.2) is 63.7 Å². The van der Waals surface area contributed by atoms with Crippen LogP contribution in [0.4, 0.5) is 5.82 Å². The van der Waals surface area contributed by atoms with Crippen molar-refractivity contribution in [2.24, 2.45) is 11.8 Å². The fraction of sp³-hybridized carbons (Fsp3) is 0.600. The first-order chi connectivity index (χ1) is 16.5. The van der Waals surface area contributed by atoms with Crippen LogP contribution in [0.15, 0.2) is 36.1 Å². The van der Waals surface area contributed by atoms with Gasteiger partial charge in [-0.3, -0.25) is 4.79 Å². The molecule has 2 N–H and O–H groups in total. The Morgan fingerprint density at radius 1 is 1.17 bits per heavy atom. The number of amides is 1. The van der Waals surface area contributed by atoms with E-state index in [0.717, 1.165) is 58.0 Å². The molecule has 1 amide bonds.